The van der Waals surface area contributed by atoms with Crippen molar-refractivity contribution in [2.75, 3.05) is 7.11 Å². The molecule has 0 unspecified atom stereocenters. The van der Waals surface area contributed by atoms with Crippen LogP contribution in [-0.4, -0.2) is 28.4 Å². The fourth-order valence-corrected chi connectivity index (χ4v) is 4.61. The van der Waals surface area contributed by atoms with Crippen LogP contribution >= 0.6 is 23.4 Å². The number of methoxy groups -OCH3 is 1. The molecule has 3 aromatic carbocycles. The van der Waals surface area contributed by atoms with Gasteiger partial charge in [-0.15, -0.1) is 0 Å². The van der Waals surface area contributed by atoms with E-state index in [4.69, 9.17) is 21.1 Å². The highest BCUT2D eigenvalue weighted by molar-refractivity contribution is 8.15. The molecule has 1 fully saturated rings. The van der Waals surface area contributed by atoms with Crippen molar-refractivity contribution in [2.24, 2.45) is 0 Å². The van der Waals surface area contributed by atoms with Gasteiger partial charge in [-0.2, -0.15) is 0 Å². The first kappa shape index (κ1) is 22.2. The van der Waals surface area contributed by atoms with Gasteiger partial charge in [-0.3, -0.25) is 14.5 Å². The quantitative estimate of drug-likeness (QED) is 0.423. The summed E-state index contributed by atoms with van der Waals surface area (Å²) in [5.41, 5.74) is 2.82. The summed E-state index contributed by atoms with van der Waals surface area (Å²) in [5.74, 6) is 1.04. The second-order valence-corrected chi connectivity index (χ2v) is 8.98. The van der Waals surface area contributed by atoms with Gasteiger partial charge in [0.25, 0.3) is 5.24 Å². The number of thioether (sulfide) groups is 1. The van der Waals surface area contributed by atoms with Crippen molar-refractivity contribution in [1.29, 1.82) is 0 Å². The van der Waals surface area contributed by atoms with Crippen LogP contribution in [0.15, 0.2) is 72.8 Å². The number of carbonyl (C=O) groups excluding carboxylic acids is 2. The molecule has 3 aromatic rings. The lowest BCUT2D eigenvalue weighted by atomic mass is 10.1. The molecule has 5 nitrogen and oxygen atoms in total. The van der Waals surface area contributed by atoms with Crippen LogP contribution in [0.5, 0.6) is 11.5 Å². The maximum absolute atomic E-state index is 12.9. The summed E-state index contributed by atoms with van der Waals surface area (Å²) in [7, 11) is 1.58. The average Bonchev–Trinajstić information content (AvgIpc) is 3.07. The van der Waals surface area contributed by atoms with Crippen molar-refractivity contribution < 1.29 is 19.1 Å². The minimum absolute atomic E-state index is 0.182. The van der Waals surface area contributed by atoms with Crippen LogP contribution in [0.3, 0.4) is 0 Å². The number of hydrogen-bond donors (Lipinski definition) is 0. The van der Waals surface area contributed by atoms with Crippen molar-refractivity contribution in [3.63, 3.8) is 0 Å². The van der Waals surface area contributed by atoms with E-state index in [0.29, 0.717) is 29.5 Å². The van der Waals surface area contributed by atoms with Crippen molar-refractivity contribution in [2.45, 2.75) is 24.8 Å². The molecule has 1 aliphatic rings. The molecule has 1 saturated heterocycles. The average molecular weight is 468 g/mol. The molecule has 0 aromatic heterocycles. The van der Waals surface area contributed by atoms with E-state index in [1.54, 1.807) is 19.2 Å². The number of benzene rings is 3. The highest BCUT2D eigenvalue weighted by Gasteiger charge is 2.39. The standard InChI is InChI=1S/C25H22ClNO4S/c1-30-22-13-19(9-12-21(22)31-16-18-5-3-2-4-6-18)14-23-24(28)27(25(29)32-23)15-17-7-10-20(26)11-8-17/h2-13,23H,14-16H2,1H3/t23-/m1/s1. The van der Waals surface area contributed by atoms with Gasteiger partial charge in [-0.05, 0) is 47.4 Å². The zero-order valence-corrected chi connectivity index (χ0v) is 19.1. The first-order valence-electron chi connectivity index (χ1n) is 10.1. The van der Waals surface area contributed by atoms with Gasteiger partial charge in [0.15, 0.2) is 11.5 Å². The molecule has 0 bridgehead atoms. The van der Waals surface area contributed by atoms with E-state index in [-0.39, 0.29) is 17.7 Å². The van der Waals surface area contributed by atoms with Gasteiger partial charge >= 0.3 is 0 Å². The molecule has 0 N–H and O–H groups in total. The predicted octanol–water partition coefficient (Wildman–Crippen LogP) is 5.73. The van der Waals surface area contributed by atoms with Gasteiger partial charge < -0.3 is 9.47 Å². The Morgan fingerprint density at radius 1 is 0.906 bits per heavy atom. The number of carbonyl (C=O) groups is 2. The molecule has 0 saturated carbocycles. The second-order valence-electron chi connectivity index (χ2n) is 7.39. The molecule has 0 aliphatic carbocycles. The fraction of sp³-hybridized carbons (Fsp3) is 0.200. The van der Waals surface area contributed by atoms with Gasteiger partial charge in [-0.25, -0.2) is 0 Å². The normalized spacial score (nSPS) is 15.8. The first-order chi connectivity index (χ1) is 15.5. The Hall–Kier alpha value is -2.96. The van der Waals surface area contributed by atoms with Gasteiger partial charge in [0.1, 0.15) is 6.61 Å². The van der Waals surface area contributed by atoms with Crippen molar-refractivity contribution in [3.05, 3.63) is 94.5 Å². The molecule has 1 heterocycles. The molecule has 2 amide bonds. The minimum atomic E-state index is -0.462. The van der Waals surface area contributed by atoms with Crippen LogP contribution in [0.2, 0.25) is 5.02 Å². The third kappa shape index (κ3) is 5.26. The van der Waals surface area contributed by atoms with E-state index in [1.807, 2.05) is 60.7 Å². The Balaban J connectivity index is 1.41. The summed E-state index contributed by atoms with van der Waals surface area (Å²) in [6.45, 7) is 0.676. The number of rotatable bonds is 8. The van der Waals surface area contributed by atoms with Crippen molar-refractivity contribution in [3.8, 4) is 11.5 Å². The van der Waals surface area contributed by atoms with Crippen LogP contribution in [0.1, 0.15) is 16.7 Å². The Morgan fingerprint density at radius 3 is 2.34 bits per heavy atom. The molecule has 7 heteroatoms. The highest BCUT2D eigenvalue weighted by Crippen LogP contribution is 2.34. The van der Waals surface area contributed by atoms with E-state index in [9.17, 15) is 9.59 Å². The molecular formula is C25H22ClNO4S. The minimum Gasteiger partial charge on any atom is -0.493 e. The van der Waals surface area contributed by atoms with E-state index in [0.717, 1.165) is 28.5 Å². The first-order valence-corrected chi connectivity index (χ1v) is 11.4. The van der Waals surface area contributed by atoms with Crippen molar-refractivity contribution in [1.82, 2.24) is 4.90 Å². The summed E-state index contributed by atoms with van der Waals surface area (Å²) >= 11 is 6.98. The molecule has 0 spiro atoms. The lowest BCUT2D eigenvalue weighted by molar-refractivity contribution is -0.127. The van der Waals surface area contributed by atoms with Gasteiger partial charge in [-0.1, -0.05) is 71.9 Å². The Labute approximate surface area is 196 Å². The predicted molar refractivity (Wildman–Crippen MR) is 126 cm³/mol. The second kappa shape index (κ2) is 10.1. The van der Waals surface area contributed by atoms with Crippen LogP contribution in [0.4, 0.5) is 4.79 Å². The van der Waals surface area contributed by atoms with Gasteiger partial charge in [0.2, 0.25) is 5.91 Å². The highest BCUT2D eigenvalue weighted by atomic mass is 35.5. The van der Waals surface area contributed by atoms with Gasteiger partial charge in [0.05, 0.1) is 18.9 Å². The lowest BCUT2D eigenvalue weighted by Crippen LogP contribution is -2.31. The Morgan fingerprint density at radius 2 is 1.62 bits per heavy atom. The molecular weight excluding hydrogens is 446 g/mol. The summed E-state index contributed by atoms with van der Waals surface area (Å²) < 4.78 is 11.4. The van der Waals surface area contributed by atoms with E-state index >= 15 is 0 Å². The van der Waals surface area contributed by atoms with Gasteiger partial charge in [0, 0.05) is 5.02 Å². The fourth-order valence-electron chi connectivity index (χ4n) is 3.45. The largest absolute Gasteiger partial charge is 0.493 e. The Kier molecular flexibility index (Phi) is 7.02. The molecule has 164 valence electrons. The van der Waals surface area contributed by atoms with Crippen LogP contribution in [-0.2, 0) is 24.4 Å². The van der Waals surface area contributed by atoms with Crippen LogP contribution in [0.25, 0.3) is 0 Å². The zero-order valence-electron chi connectivity index (χ0n) is 17.5. The van der Waals surface area contributed by atoms with Crippen LogP contribution < -0.4 is 9.47 Å². The molecule has 32 heavy (non-hydrogen) atoms. The third-order valence-electron chi connectivity index (χ3n) is 5.15. The number of hydrogen-bond acceptors (Lipinski definition) is 5. The summed E-state index contributed by atoms with van der Waals surface area (Å²) in [4.78, 5) is 26.6. The topological polar surface area (TPSA) is 55.8 Å². The molecule has 1 atom stereocenters. The third-order valence-corrected chi connectivity index (χ3v) is 6.47. The molecule has 4 rings (SSSR count). The maximum Gasteiger partial charge on any atom is 0.289 e. The lowest BCUT2D eigenvalue weighted by Gasteiger charge is -2.15. The number of nitrogens with zero attached hydrogens (tertiary/aromatic N) is 1. The molecule has 0 radical (unpaired) electrons. The number of amides is 2. The van der Waals surface area contributed by atoms with E-state index in [2.05, 4.69) is 0 Å². The number of ether oxygens (including phenoxy) is 2. The smallest absolute Gasteiger partial charge is 0.289 e. The van der Waals surface area contributed by atoms with E-state index < -0.39 is 5.25 Å². The van der Waals surface area contributed by atoms with E-state index in [1.165, 1.54) is 4.90 Å². The summed E-state index contributed by atoms with van der Waals surface area (Å²) in [6, 6.07) is 22.6. The maximum atomic E-state index is 12.9. The zero-order chi connectivity index (χ0) is 22.5. The SMILES string of the molecule is COc1cc(C[C@H]2SC(=O)N(Cc3ccc(Cl)cc3)C2=O)ccc1OCc1ccccc1. The molecule has 1 aliphatic heterocycles. The summed E-state index contributed by atoms with van der Waals surface area (Å²) in [6.07, 6.45) is 0.432. The number of imide groups is 1. The Bertz CT molecular complexity index is 1100. The van der Waals surface area contributed by atoms with Crippen molar-refractivity contribution >= 4 is 34.5 Å². The number of halogens is 1. The summed E-state index contributed by atoms with van der Waals surface area (Å²) in [5, 5.41) is -0.0782. The monoisotopic (exact) mass is 467 g/mol. The van der Waals surface area contributed by atoms with Crippen LogP contribution in [0, 0.1) is 0 Å².